The predicted octanol–water partition coefficient (Wildman–Crippen LogP) is 4.53. The molecule has 0 N–H and O–H groups in total. The van der Waals surface area contributed by atoms with Gasteiger partial charge in [0.15, 0.2) is 0 Å². The number of rotatable bonds is 5. The van der Waals surface area contributed by atoms with Crippen molar-refractivity contribution in [2.75, 3.05) is 11.4 Å². The van der Waals surface area contributed by atoms with E-state index in [0.717, 1.165) is 30.2 Å². The summed E-state index contributed by atoms with van der Waals surface area (Å²) >= 11 is 7.89. The Morgan fingerprint density at radius 3 is 2.74 bits per heavy atom. The number of hydrogen-bond donors (Lipinski definition) is 0. The largest absolute Gasteiger partial charge is 0.351 e. The molecule has 0 saturated carbocycles. The van der Waals surface area contributed by atoms with Gasteiger partial charge in [0.25, 0.3) is 0 Å². The quantitative estimate of drug-likeness (QED) is 0.754. The van der Waals surface area contributed by atoms with Gasteiger partial charge in [-0.3, -0.25) is 0 Å². The molecule has 0 radical (unpaired) electrons. The van der Waals surface area contributed by atoms with E-state index in [4.69, 9.17) is 16.6 Å². The van der Waals surface area contributed by atoms with Crippen molar-refractivity contribution >= 4 is 28.8 Å². The second-order valence-electron chi connectivity index (χ2n) is 4.61. The zero-order chi connectivity index (χ0) is 13.8. The van der Waals surface area contributed by atoms with Crippen LogP contribution >= 0.6 is 22.9 Å². The van der Waals surface area contributed by atoms with Crippen LogP contribution in [0.4, 0.5) is 5.82 Å². The third-order valence-electron chi connectivity index (χ3n) is 3.20. The molecule has 0 aliphatic rings. The normalized spacial score (nSPS) is 10.7. The molecule has 2 nitrogen and oxygen atoms in total. The van der Waals surface area contributed by atoms with Crippen LogP contribution in [0, 0.1) is 13.8 Å². The first-order valence-corrected chi connectivity index (χ1v) is 7.87. The van der Waals surface area contributed by atoms with Crippen LogP contribution in [0.15, 0.2) is 23.6 Å². The fourth-order valence-corrected chi connectivity index (χ4v) is 3.25. The molecule has 0 atom stereocenters. The van der Waals surface area contributed by atoms with Crippen LogP contribution in [0.1, 0.15) is 28.6 Å². The van der Waals surface area contributed by atoms with Crippen LogP contribution in [0.25, 0.3) is 0 Å². The molecule has 19 heavy (non-hydrogen) atoms. The van der Waals surface area contributed by atoms with E-state index in [0.29, 0.717) is 5.88 Å². The highest BCUT2D eigenvalue weighted by Crippen LogP contribution is 2.26. The molecule has 0 aromatic carbocycles. The Balaban J connectivity index is 2.37. The van der Waals surface area contributed by atoms with Gasteiger partial charge < -0.3 is 4.90 Å². The molecule has 0 saturated heterocycles. The molecule has 0 aliphatic heterocycles. The van der Waals surface area contributed by atoms with E-state index in [1.165, 1.54) is 10.4 Å². The minimum Gasteiger partial charge on any atom is -0.351 e. The minimum absolute atomic E-state index is 0.509. The zero-order valence-electron chi connectivity index (χ0n) is 11.6. The lowest BCUT2D eigenvalue weighted by molar-refractivity contribution is 0.811. The van der Waals surface area contributed by atoms with Crippen LogP contribution < -0.4 is 4.90 Å². The Morgan fingerprint density at radius 1 is 1.37 bits per heavy atom. The van der Waals surface area contributed by atoms with Crippen LogP contribution in [0.3, 0.4) is 0 Å². The minimum atomic E-state index is 0.509. The molecule has 0 amide bonds. The van der Waals surface area contributed by atoms with Gasteiger partial charge in [-0.25, -0.2) is 4.98 Å². The van der Waals surface area contributed by atoms with Gasteiger partial charge in [0.1, 0.15) is 5.82 Å². The summed E-state index contributed by atoms with van der Waals surface area (Å²) in [4.78, 5) is 8.35. The molecule has 0 fully saturated rings. The number of hydrogen-bond acceptors (Lipinski definition) is 3. The number of anilines is 1. The smallest absolute Gasteiger partial charge is 0.133 e. The summed E-state index contributed by atoms with van der Waals surface area (Å²) in [6, 6.07) is 6.35. The van der Waals surface area contributed by atoms with Crippen LogP contribution in [-0.2, 0) is 12.4 Å². The summed E-state index contributed by atoms with van der Waals surface area (Å²) in [6.45, 7) is 8.12. The van der Waals surface area contributed by atoms with Crippen molar-refractivity contribution in [3.8, 4) is 0 Å². The second kappa shape index (κ2) is 6.40. The van der Waals surface area contributed by atoms with Gasteiger partial charge in [-0.2, -0.15) is 0 Å². The lowest BCUT2D eigenvalue weighted by Crippen LogP contribution is -2.24. The molecule has 102 valence electrons. The number of pyridine rings is 1. The SMILES string of the molecule is CCN(Cc1cccs1)c1nc(C)cc(C)c1CCl. The van der Waals surface area contributed by atoms with Crippen molar-refractivity contribution in [1.29, 1.82) is 0 Å². The van der Waals surface area contributed by atoms with Gasteiger partial charge >= 0.3 is 0 Å². The molecule has 0 spiro atoms. The maximum Gasteiger partial charge on any atom is 0.133 e. The number of aromatic nitrogens is 1. The maximum atomic E-state index is 6.11. The fraction of sp³-hybridized carbons (Fsp3) is 0.400. The highest BCUT2D eigenvalue weighted by molar-refractivity contribution is 7.09. The van der Waals surface area contributed by atoms with Gasteiger partial charge in [-0.05, 0) is 43.8 Å². The van der Waals surface area contributed by atoms with E-state index >= 15 is 0 Å². The molecule has 0 unspecified atom stereocenters. The molecule has 2 rings (SSSR count). The number of halogens is 1. The van der Waals surface area contributed by atoms with E-state index in [1.54, 1.807) is 11.3 Å². The second-order valence-corrected chi connectivity index (χ2v) is 5.91. The van der Waals surface area contributed by atoms with Gasteiger partial charge in [-0.1, -0.05) is 6.07 Å². The van der Waals surface area contributed by atoms with E-state index < -0.39 is 0 Å². The highest BCUT2D eigenvalue weighted by Gasteiger charge is 2.14. The van der Waals surface area contributed by atoms with Crippen LogP contribution in [0.2, 0.25) is 0 Å². The average Bonchev–Trinajstić information content (AvgIpc) is 2.88. The Hall–Kier alpha value is -1.06. The van der Waals surface area contributed by atoms with E-state index in [-0.39, 0.29) is 0 Å². The molecule has 2 aromatic rings. The summed E-state index contributed by atoms with van der Waals surface area (Å²) in [5.41, 5.74) is 3.42. The Kier molecular flexibility index (Phi) is 4.83. The summed E-state index contributed by atoms with van der Waals surface area (Å²) in [5, 5.41) is 2.11. The summed E-state index contributed by atoms with van der Waals surface area (Å²) in [5.74, 6) is 1.54. The third-order valence-corrected chi connectivity index (χ3v) is 4.32. The lowest BCUT2D eigenvalue weighted by atomic mass is 10.1. The predicted molar refractivity (Wildman–Crippen MR) is 84.3 cm³/mol. The number of alkyl halides is 1. The molecular weight excluding hydrogens is 276 g/mol. The highest BCUT2D eigenvalue weighted by atomic mass is 35.5. The molecule has 0 bridgehead atoms. The van der Waals surface area contributed by atoms with Crippen molar-refractivity contribution in [3.63, 3.8) is 0 Å². The van der Waals surface area contributed by atoms with Crippen molar-refractivity contribution < 1.29 is 0 Å². The summed E-state index contributed by atoms with van der Waals surface area (Å²) in [6.07, 6.45) is 0. The fourth-order valence-electron chi connectivity index (χ4n) is 2.20. The molecule has 4 heteroatoms. The molecule has 2 aromatic heterocycles. The standard InChI is InChI=1S/C15H19ClN2S/c1-4-18(10-13-6-5-7-19-13)15-14(9-16)11(2)8-12(3)17-15/h5-8H,4,9-10H2,1-3H3. The Labute approximate surface area is 124 Å². The first-order chi connectivity index (χ1) is 9.15. The lowest BCUT2D eigenvalue weighted by Gasteiger charge is -2.25. The molecule has 0 aliphatic carbocycles. The first-order valence-electron chi connectivity index (χ1n) is 6.46. The number of nitrogens with zero attached hydrogens (tertiary/aromatic N) is 2. The van der Waals surface area contributed by atoms with E-state index in [9.17, 15) is 0 Å². The Bertz CT molecular complexity index is 537. The Morgan fingerprint density at radius 2 is 2.16 bits per heavy atom. The zero-order valence-corrected chi connectivity index (χ0v) is 13.2. The van der Waals surface area contributed by atoms with Gasteiger partial charge in [0.2, 0.25) is 0 Å². The van der Waals surface area contributed by atoms with Crippen molar-refractivity contribution in [3.05, 3.63) is 45.3 Å². The van der Waals surface area contributed by atoms with Gasteiger partial charge in [0, 0.05) is 22.7 Å². The maximum absolute atomic E-state index is 6.11. The summed E-state index contributed by atoms with van der Waals surface area (Å²) in [7, 11) is 0. The first kappa shape index (κ1) is 14.4. The van der Waals surface area contributed by atoms with Crippen molar-refractivity contribution in [1.82, 2.24) is 4.98 Å². The van der Waals surface area contributed by atoms with Gasteiger partial charge in [-0.15, -0.1) is 22.9 Å². The molecular formula is C15H19ClN2S. The average molecular weight is 295 g/mol. The topological polar surface area (TPSA) is 16.1 Å². The van der Waals surface area contributed by atoms with Crippen molar-refractivity contribution in [2.24, 2.45) is 0 Å². The summed E-state index contributed by atoms with van der Waals surface area (Å²) < 4.78 is 0. The third kappa shape index (κ3) is 3.28. The molecule has 2 heterocycles. The van der Waals surface area contributed by atoms with E-state index in [1.807, 2.05) is 6.92 Å². The van der Waals surface area contributed by atoms with Crippen LogP contribution in [-0.4, -0.2) is 11.5 Å². The van der Waals surface area contributed by atoms with Crippen LogP contribution in [0.5, 0.6) is 0 Å². The number of thiophene rings is 1. The number of aryl methyl sites for hydroxylation is 2. The van der Waals surface area contributed by atoms with Crippen molar-refractivity contribution in [2.45, 2.75) is 33.2 Å². The monoisotopic (exact) mass is 294 g/mol. The van der Waals surface area contributed by atoms with E-state index in [2.05, 4.69) is 42.3 Å². The van der Waals surface area contributed by atoms with Gasteiger partial charge in [0.05, 0.1) is 12.4 Å².